The van der Waals surface area contributed by atoms with Crippen molar-refractivity contribution in [2.24, 2.45) is 0 Å². The lowest BCUT2D eigenvalue weighted by molar-refractivity contribution is -0.134. The molecule has 0 aliphatic rings. The fourth-order valence-electron chi connectivity index (χ4n) is 1.49. The average molecular weight is 280 g/mol. The Bertz CT molecular complexity index is 623. The fraction of sp³-hybridized carbons (Fsp3) is 0.250. The first-order chi connectivity index (χ1) is 9.10. The van der Waals surface area contributed by atoms with Crippen LogP contribution < -0.4 is 5.32 Å². The number of fused-ring (bicyclic) bond motifs is 1. The summed E-state index contributed by atoms with van der Waals surface area (Å²) in [5.74, 6) is -1.33. The third-order valence-corrected chi connectivity index (χ3v) is 3.27. The standard InChI is InChI=1S/C12H12N2O4S/c1-2-18-11(17)7-3-4-8-9(5-7)19-12(14-8)13-6-10(15)16/h3-5H,2,6H2,1H3,(H,13,14)(H,15,16). The van der Waals surface area contributed by atoms with Crippen LogP contribution in [0, 0.1) is 0 Å². The highest BCUT2D eigenvalue weighted by atomic mass is 32.1. The molecule has 2 N–H and O–H groups in total. The highest BCUT2D eigenvalue weighted by Crippen LogP contribution is 2.26. The zero-order valence-corrected chi connectivity index (χ0v) is 11.0. The molecular formula is C12H12N2O4S. The number of anilines is 1. The number of ether oxygens (including phenoxy) is 1. The Balaban J connectivity index is 2.23. The number of rotatable bonds is 5. The number of carbonyl (C=O) groups excluding carboxylic acids is 1. The third-order valence-electron chi connectivity index (χ3n) is 2.29. The second-order valence-electron chi connectivity index (χ2n) is 3.67. The molecule has 0 saturated heterocycles. The van der Waals surface area contributed by atoms with Gasteiger partial charge in [-0.05, 0) is 25.1 Å². The zero-order chi connectivity index (χ0) is 13.8. The number of hydrogen-bond acceptors (Lipinski definition) is 6. The van der Waals surface area contributed by atoms with Crippen LogP contribution in [-0.2, 0) is 9.53 Å². The number of thiazole rings is 1. The Morgan fingerprint density at radius 2 is 2.26 bits per heavy atom. The van der Waals surface area contributed by atoms with E-state index in [0.717, 1.165) is 4.70 Å². The smallest absolute Gasteiger partial charge is 0.338 e. The van der Waals surface area contributed by atoms with Gasteiger partial charge in [0.2, 0.25) is 0 Å². The minimum absolute atomic E-state index is 0.190. The maximum Gasteiger partial charge on any atom is 0.338 e. The molecule has 6 nitrogen and oxygen atoms in total. The van der Waals surface area contributed by atoms with E-state index < -0.39 is 5.97 Å². The summed E-state index contributed by atoms with van der Waals surface area (Å²) >= 11 is 1.30. The number of aromatic nitrogens is 1. The SMILES string of the molecule is CCOC(=O)c1ccc2nc(NCC(=O)O)sc2c1. The normalized spacial score (nSPS) is 10.4. The number of hydrogen-bond donors (Lipinski definition) is 2. The lowest BCUT2D eigenvalue weighted by Gasteiger charge is -2.00. The van der Waals surface area contributed by atoms with E-state index in [4.69, 9.17) is 9.84 Å². The van der Waals surface area contributed by atoms with E-state index in [2.05, 4.69) is 10.3 Å². The number of benzene rings is 1. The monoisotopic (exact) mass is 280 g/mol. The van der Waals surface area contributed by atoms with Crippen LogP contribution in [-0.4, -0.2) is 35.2 Å². The molecule has 0 spiro atoms. The van der Waals surface area contributed by atoms with Gasteiger partial charge in [-0.1, -0.05) is 11.3 Å². The Hall–Kier alpha value is -2.15. The van der Waals surface area contributed by atoms with Crippen molar-refractivity contribution in [1.29, 1.82) is 0 Å². The van der Waals surface area contributed by atoms with Gasteiger partial charge < -0.3 is 15.2 Å². The Morgan fingerprint density at radius 3 is 2.95 bits per heavy atom. The van der Waals surface area contributed by atoms with Crippen molar-refractivity contribution in [3.63, 3.8) is 0 Å². The van der Waals surface area contributed by atoms with Crippen molar-refractivity contribution >= 4 is 38.6 Å². The molecule has 100 valence electrons. The van der Waals surface area contributed by atoms with Gasteiger partial charge in [0, 0.05) is 0 Å². The van der Waals surface area contributed by atoms with Gasteiger partial charge in [-0.2, -0.15) is 0 Å². The van der Waals surface area contributed by atoms with E-state index in [1.807, 2.05) is 0 Å². The van der Waals surface area contributed by atoms with E-state index >= 15 is 0 Å². The van der Waals surface area contributed by atoms with E-state index in [-0.39, 0.29) is 12.5 Å². The third kappa shape index (κ3) is 3.19. The molecule has 1 aromatic carbocycles. The molecular weight excluding hydrogens is 268 g/mol. The van der Waals surface area contributed by atoms with Crippen LogP contribution in [0.5, 0.6) is 0 Å². The summed E-state index contributed by atoms with van der Waals surface area (Å²) in [6, 6.07) is 5.04. The number of nitrogens with zero attached hydrogens (tertiary/aromatic N) is 1. The first-order valence-electron chi connectivity index (χ1n) is 5.63. The summed E-state index contributed by atoms with van der Waals surface area (Å²) in [6.07, 6.45) is 0. The number of carboxylic acids is 1. The molecule has 0 bridgehead atoms. The molecule has 2 rings (SSSR count). The van der Waals surface area contributed by atoms with Gasteiger partial charge >= 0.3 is 11.9 Å². The van der Waals surface area contributed by atoms with Gasteiger partial charge in [-0.25, -0.2) is 9.78 Å². The van der Waals surface area contributed by atoms with Crippen LogP contribution in [0.3, 0.4) is 0 Å². The molecule has 19 heavy (non-hydrogen) atoms. The zero-order valence-electron chi connectivity index (χ0n) is 10.2. The largest absolute Gasteiger partial charge is 0.480 e. The van der Waals surface area contributed by atoms with Crippen LogP contribution in [0.4, 0.5) is 5.13 Å². The number of carbonyl (C=O) groups is 2. The lowest BCUT2D eigenvalue weighted by atomic mass is 10.2. The minimum atomic E-state index is -0.952. The summed E-state index contributed by atoms with van der Waals surface area (Å²) in [5.41, 5.74) is 1.17. The molecule has 1 heterocycles. The molecule has 0 aliphatic heterocycles. The van der Waals surface area contributed by atoms with Crippen molar-refractivity contribution in [3.05, 3.63) is 23.8 Å². The molecule has 0 aliphatic carbocycles. The maximum atomic E-state index is 11.6. The molecule has 0 saturated carbocycles. The van der Waals surface area contributed by atoms with Gasteiger partial charge in [0.1, 0.15) is 6.54 Å². The Labute approximate surface area is 113 Å². The van der Waals surface area contributed by atoms with E-state index in [9.17, 15) is 9.59 Å². The maximum absolute atomic E-state index is 11.6. The van der Waals surface area contributed by atoms with Crippen LogP contribution in [0.1, 0.15) is 17.3 Å². The van der Waals surface area contributed by atoms with Crippen molar-refractivity contribution in [3.8, 4) is 0 Å². The minimum Gasteiger partial charge on any atom is -0.480 e. The van der Waals surface area contributed by atoms with E-state index in [0.29, 0.717) is 22.8 Å². The fourth-order valence-corrected chi connectivity index (χ4v) is 2.39. The molecule has 0 unspecified atom stereocenters. The second kappa shape index (κ2) is 5.66. The van der Waals surface area contributed by atoms with Gasteiger partial charge in [0.25, 0.3) is 0 Å². The lowest BCUT2D eigenvalue weighted by Crippen LogP contribution is -2.11. The summed E-state index contributed by atoms with van der Waals surface area (Å²) in [7, 11) is 0. The Kier molecular flexibility index (Phi) is 3.96. The van der Waals surface area contributed by atoms with Crippen LogP contribution >= 0.6 is 11.3 Å². The van der Waals surface area contributed by atoms with Crippen LogP contribution in [0.25, 0.3) is 10.2 Å². The van der Waals surface area contributed by atoms with E-state index in [1.54, 1.807) is 25.1 Å². The molecule has 0 amide bonds. The first-order valence-corrected chi connectivity index (χ1v) is 6.45. The van der Waals surface area contributed by atoms with Crippen molar-refractivity contribution < 1.29 is 19.4 Å². The molecule has 7 heteroatoms. The van der Waals surface area contributed by atoms with Gasteiger partial charge in [-0.3, -0.25) is 4.79 Å². The predicted octanol–water partition coefficient (Wildman–Crippen LogP) is 1.97. The highest BCUT2D eigenvalue weighted by Gasteiger charge is 2.10. The number of nitrogens with one attached hydrogen (secondary N) is 1. The molecule has 2 aromatic rings. The predicted molar refractivity (Wildman–Crippen MR) is 71.7 cm³/mol. The summed E-state index contributed by atoms with van der Waals surface area (Å²) in [6.45, 7) is 1.88. The van der Waals surface area contributed by atoms with Crippen LogP contribution in [0.2, 0.25) is 0 Å². The van der Waals surface area contributed by atoms with Gasteiger partial charge in [-0.15, -0.1) is 0 Å². The molecule has 0 fully saturated rings. The molecule has 1 aromatic heterocycles. The van der Waals surface area contributed by atoms with Crippen molar-refractivity contribution in [2.75, 3.05) is 18.5 Å². The summed E-state index contributed by atoms with van der Waals surface area (Å²) < 4.78 is 5.72. The quantitative estimate of drug-likeness (QED) is 0.814. The molecule has 0 atom stereocenters. The summed E-state index contributed by atoms with van der Waals surface area (Å²) in [5, 5.41) is 11.8. The van der Waals surface area contributed by atoms with Gasteiger partial charge in [0.05, 0.1) is 22.4 Å². The second-order valence-corrected chi connectivity index (χ2v) is 4.70. The van der Waals surface area contributed by atoms with Gasteiger partial charge in [0.15, 0.2) is 5.13 Å². The van der Waals surface area contributed by atoms with E-state index in [1.165, 1.54) is 11.3 Å². The number of aliphatic carboxylic acids is 1. The molecule has 0 radical (unpaired) electrons. The number of carboxylic acid groups (broad SMARTS) is 1. The number of esters is 1. The Morgan fingerprint density at radius 1 is 1.47 bits per heavy atom. The van der Waals surface area contributed by atoms with Crippen molar-refractivity contribution in [1.82, 2.24) is 4.98 Å². The topological polar surface area (TPSA) is 88.5 Å². The van der Waals surface area contributed by atoms with Crippen LogP contribution in [0.15, 0.2) is 18.2 Å². The first kappa shape index (κ1) is 13.3. The van der Waals surface area contributed by atoms with Crippen molar-refractivity contribution in [2.45, 2.75) is 6.92 Å². The highest BCUT2D eigenvalue weighted by molar-refractivity contribution is 7.22. The average Bonchev–Trinajstić information content (AvgIpc) is 2.78. The summed E-state index contributed by atoms with van der Waals surface area (Å²) in [4.78, 5) is 26.3.